The second-order valence-corrected chi connectivity index (χ2v) is 32.5. The number of aliphatic hydroxyl groups excluding tert-OH is 4. The predicted octanol–water partition coefficient (Wildman–Crippen LogP) is 2.55. The van der Waals surface area contributed by atoms with Crippen LogP contribution in [0.2, 0.25) is 5.02 Å². The second kappa shape index (κ2) is 34.6. The molecule has 4 aliphatic carbocycles. The highest BCUT2D eigenvalue weighted by Gasteiger charge is 2.56. The van der Waals surface area contributed by atoms with Crippen LogP contribution in [-0.4, -0.2) is 203 Å². The van der Waals surface area contributed by atoms with E-state index in [0.29, 0.717) is 24.9 Å². The van der Waals surface area contributed by atoms with E-state index in [1.165, 1.54) is 55.6 Å². The fraction of sp³-hybridized carbons (Fsp3) is 0.446. The largest absolute Gasteiger partial charge is 0.508 e. The molecule has 36 nitrogen and oxygen atoms in total. The van der Waals surface area contributed by atoms with E-state index in [-0.39, 0.29) is 116 Å². The van der Waals surface area contributed by atoms with Gasteiger partial charge in [-0.25, -0.2) is 4.79 Å². The molecule has 18 bridgehead atoms. The van der Waals surface area contributed by atoms with E-state index in [1.54, 1.807) is 14.1 Å². The number of nitrogens with one attached hydrogen (secondary N) is 12. The number of ether oxygens (including phenoxy) is 7. The Morgan fingerprint density at radius 1 is 0.575 bits per heavy atom. The summed E-state index contributed by atoms with van der Waals surface area (Å²) in [5.41, 5.74) is -2.41. The van der Waals surface area contributed by atoms with E-state index in [0.717, 1.165) is 80.6 Å². The fourth-order valence-corrected chi connectivity index (χ4v) is 18.1. The maximum Gasteiger partial charge on any atom is 0.408 e. The van der Waals surface area contributed by atoms with Gasteiger partial charge in [0.15, 0.2) is 29.1 Å². The SMILES string of the molecule is CNCCOc1ccc(C(=O)NC(=O)C[C@@H]2NC(=O)[C@H](NC(=O)[C@@H](CC(C)C)NC)[C@H](O)c3ccc4c(c3)C3NC(=O)O[C@H]5[C@H](O)[C@@H](O)[C@H](Oc6c7cc(cc6O4)[C@@H](NC2=O)C(=O)N[C@H]2C(=O)N[C@H](C(=O)N[C@H](C(=O)NC4C6CC8CC(C6)CC4C8)c4cc(O)cc(O)c4-c4cc2ccc4O)[C@H](O)c2ccc(c(Cl)c2)O7)O[C@H]35)cc1OCCNC. The average molecular weight is 1680 g/mol. The quantitative estimate of drug-likeness (QED) is 0.0550. The number of rotatable bonds is 18. The predicted molar refractivity (Wildman–Crippen MR) is 421 cm³/mol. The molecule has 120 heavy (non-hydrogen) atoms. The lowest BCUT2D eigenvalue weighted by atomic mass is 9.54. The average Bonchev–Trinajstić information content (AvgIpc) is 0.754. The molecule has 1 unspecified atom stereocenters. The van der Waals surface area contributed by atoms with E-state index in [9.17, 15) is 54.9 Å². The number of likely N-dealkylation sites (N-methyl/N-ethyl adjacent to an activating group) is 3. The lowest BCUT2D eigenvalue weighted by Crippen LogP contribution is -2.66. The van der Waals surface area contributed by atoms with Crippen LogP contribution in [0.25, 0.3) is 11.1 Å². The zero-order chi connectivity index (χ0) is 85.0. The van der Waals surface area contributed by atoms with Crippen LogP contribution >= 0.6 is 11.6 Å². The van der Waals surface area contributed by atoms with Crippen molar-refractivity contribution in [2.24, 2.45) is 29.6 Å². The number of carbonyl (C=O) groups is 10. The van der Waals surface area contributed by atoms with Gasteiger partial charge in [0, 0.05) is 47.5 Å². The van der Waals surface area contributed by atoms with Crippen molar-refractivity contribution in [3.05, 3.63) is 141 Å². The van der Waals surface area contributed by atoms with Gasteiger partial charge in [0.25, 0.3) is 5.91 Å². The van der Waals surface area contributed by atoms with Crippen LogP contribution < -0.4 is 87.5 Å². The number of halogens is 1. The van der Waals surface area contributed by atoms with E-state index in [2.05, 4.69) is 63.8 Å². The molecule has 6 aromatic carbocycles. The Hall–Kier alpha value is -11.6. The summed E-state index contributed by atoms with van der Waals surface area (Å²) in [7, 11) is 4.88. The summed E-state index contributed by atoms with van der Waals surface area (Å²) in [5.74, 6) is -13.8. The minimum Gasteiger partial charge on any atom is -0.508 e. The number of hydrogen-bond acceptors (Lipinski definition) is 27. The van der Waals surface area contributed by atoms with Crippen molar-refractivity contribution in [1.29, 1.82) is 0 Å². The van der Waals surface area contributed by atoms with Gasteiger partial charge in [-0.1, -0.05) is 43.6 Å². The number of hydrogen-bond donors (Lipinski definition) is 19. The van der Waals surface area contributed by atoms with Crippen molar-refractivity contribution in [2.75, 3.05) is 47.4 Å². The number of alkyl carbamates (subject to hydrolysis) is 1. The maximum absolute atomic E-state index is 16.6. The number of aromatic hydroxyl groups is 3. The van der Waals surface area contributed by atoms with Crippen LogP contribution in [0, 0.1) is 29.6 Å². The van der Waals surface area contributed by atoms with Crippen molar-refractivity contribution in [3.63, 3.8) is 0 Å². The highest BCUT2D eigenvalue weighted by molar-refractivity contribution is 6.32. The van der Waals surface area contributed by atoms with Gasteiger partial charge in [-0.2, -0.15) is 0 Å². The molecule has 4 saturated carbocycles. The number of imide groups is 1. The molecule has 6 fully saturated rings. The highest BCUT2D eigenvalue weighted by Crippen LogP contribution is 2.55. The molecule has 12 aliphatic rings. The fourth-order valence-electron chi connectivity index (χ4n) is 17.9. The summed E-state index contributed by atoms with van der Waals surface area (Å²) in [4.78, 5) is 153. The third-order valence-electron chi connectivity index (χ3n) is 23.6. The normalized spacial score (nSPS) is 28.5. The van der Waals surface area contributed by atoms with Crippen LogP contribution in [0.15, 0.2) is 97.1 Å². The van der Waals surface area contributed by atoms with Crippen molar-refractivity contribution in [3.8, 4) is 68.6 Å². The van der Waals surface area contributed by atoms with Gasteiger partial charge < -0.3 is 127 Å². The zero-order valence-corrected chi connectivity index (χ0v) is 66.3. The lowest BCUT2D eigenvalue weighted by Gasteiger charge is -2.54. The van der Waals surface area contributed by atoms with Crippen LogP contribution in [0.5, 0.6) is 57.5 Å². The number of fused-ring (bicyclic) bond motifs is 15. The van der Waals surface area contributed by atoms with Crippen molar-refractivity contribution >= 4 is 70.9 Å². The Kier molecular flexibility index (Phi) is 24.1. The first kappa shape index (κ1) is 83.4. The Bertz CT molecular complexity index is 5050. The van der Waals surface area contributed by atoms with Crippen LogP contribution in [0.1, 0.15) is 139 Å². The highest BCUT2D eigenvalue weighted by atomic mass is 35.5. The molecule has 0 spiro atoms. The Labute approximate surface area is 691 Å². The Balaban J connectivity index is 0.911. The minimum absolute atomic E-state index is 0.0698. The van der Waals surface area contributed by atoms with Crippen LogP contribution in [-0.2, 0) is 47.8 Å². The Morgan fingerprint density at radius 3 is 1.91 bits per heavy atom. The standard InChI is InChI=1S/C83H93ClN12O24/c1-33(2)18-48(87-5)75(106)94-65-67(101)37-7-11-52-45(25-37)63-72-73(120-83(113)96-63)69(103)70(104)82(119-72)118-71-56(116-52)28-42-29-57(71)117-53-12-8-38(26-47(53)84)68(102)66-81(112)93-64(79(110)90-60-40-20-34-19-35(22-40)23-41(60)21-34)46-30-43(97)31-51(99)59(46)44-24-36(6-10-50(44)98)61(77(108)95-66)92-78(109)62(42)91-76(107)49(88-80(65)111)32-58(100)89-74(105)39-9-13-54(114-16-14-85-3)55(27-39)115-17-15-86-4/h6-13,24-31,33-35,40-41,48-49,60-70,72-73,82,85-87,97-99,101-104H,14-23,32H2,1-5H3,(H,88,111)(H,90,110)(H,91,107)(H,92,109)(H,93,112)(H,94,106)(H,95,108)(H,96,113)(H,89,100,105)/t34?,35?,40?,41?,48-,49+,60?,61-,62-,63?,64+,65-,66+,67-,68-,69-,70-,72-,73+,82-/m1/s1. The van der Waals surface area contributed by atoms with Gasteiger partial charge in [-0.3, -0.25) is 48.5 Å². The van der Waals surface area contributed by atoms with Gasteiger partial charge in [0.05, 0.1) is 23.5 Å². The number of carbonyl (C=O) groups excluding carboxylic acids is 10. The number of amides is 10. The molecule has 0 aromatic heterocycles. The van der Waals surface area contributed by atoms with Crippen LogP contribution in [0.4, 0.5) is 4.79 Å². The van der Waals surface area contributed by atoms with E-state index >= 15 is 28.8 Å². The molecule has 37 heteroatoms. The lowest BCUT2D eigenvalue weighted by molar-refractivity contribution is -0.284. The van der Waals surface area contributed by atoms with Crippen molar-refractivity contribution in [1.82, 2.24) is 63.8 Å². The molecule has 8 aliphatic heterocycles. The molecule has 18 rings (SSSR count). The summed E-state index contributed by atoms with van der Waals surface area (Å²) in [6, 6.07) is 2.92. The summed E-state index contributed by atoms with van der Waals surface area (Å²) in [5, 5.41) is 118. The van der Waals surface area contributed by atoms with Gasteiger partial charge in [0.1, 0.15) is 109 Å². The molecule has 2 saturated heterocycles. The number of benzene rings is 6. The molecular formula is C83H93ClN12O24. The Morgan fingerprint density at radius 2 is 1.23 bits per heavy atom. The third-order valence-corrected chi connectivity index (χ3v) is 23.9. The first-order chi connectivity index (χ1) is 57.5. The number of aliphatic hydroxyl groups is 4. The van der Waals surface area contributed by atoms with E-state index in [1.807, 2.05) is 13.8 Å². The first-order valence-corrected chi connectivity index (χ1v) is 40.1. The summed E-state index contributed by atoms with van der Waals surface area (Å²) < 4.78 is 44.1. The van der Waals surface area contributed by atoms with Crippen molar-refractivity contribution in [2.45, 2.75) is 156 Å². The number of phenols is 3. The molecule has 19 N–H and O–H groups in total. The van der Waals surface area contributed by atoms with E-state index < -0.39 is 197 Å². The maximum atomic E-state index is 16.6. The van der Waals surface area contributed by atoms with Crippen LogP contribution in [0.3, 0.4) is 0 Å². The molecule has 6 aromatic rings. The summed E-state index contributed by atoms with van der Waals surface area (Å²) >= 11 is 7.22. The minimum atomic E-state index is -2.37. The van der Waals surface area contributed by atoms with Gasteiger partial charge in [0.2, 0.25) is 59.3 Å². The van der Waals surface area contributed by atoms with Gasteiger partial charge >= 0.3 is 6.09 Å². The molecule has 8 heterocycles. The molecule has 636 valence electrons. The smallest absolute Gasteiger partial charge is 0.408 e. The van der Waals surface area contributed by atoms with Gasteiger partial charge in [-0.05, 0) is 190 Å². The molecule has 0 radical (unpaired) electrons. The molecule has 15 atom stereocenters. The van der Waals surface area contributed by atoms with E-state index in [4.69, 9.17) is 44.8 Å². The topological polar surface area (TPSA) is 521 Å². The molecule has 10 amide bonds. The zero-order valence-electron chi connectivity index (χ0n) is 65.6. The second-order valence-electron chi connectivity index (χ2n) is 32.1. The number of phenolic OH excluding ortho intramolecular Hbond substituents is 3. The monoisotopic (exact) mass is 1680 g/mol. The third kappa shape index (κ3) is 16.9. The summed E-state index contributed by atoms with van der Waals surface area (Å²) in [6.07, 6.45) is -11.5. The molecular weight excluding hydrogens is 1580 g/mol. The summed E-state index contributed by atoms with van der Waals surface area (Å²) in [6.45, 7) is 4.70. The van der Waals surface area contributed by atoms with Crippen molar-refractivity contribution < 1.29 is 117 Å². The van der Waals surface area contributed by atoms with Gasteiger partial charge in [-0.15, -0.1) is 0 Å². The first-order valence-electron chi connectivity index (χ1n) is 39.7.